The number of ether oxygens (including phenoxy) is 2. The molecule has 1 aliphatic heterocycles. The maximum absolute atomic E-state index is 12.4. The van der Waals surface area contributed by atoms with E-state index in [1.165, 1.54) is 0 Å². The van der Waals surface area contributed by atoms with Crippen molar-refractivity contribution in [3.63, 3.8) is 0 Å². The van der Waals surface area contributed by atoms with Crippen LogP contribution in [0.5, 0.6) is 0 Å². The van der Waals surface area contributed by atoms with Crippen LogP contribution in [0.4, 0.5) is 9.59 Å². The number of nitrogens with zero attached hydrogens (tertiary/aromatic N) is 1. The molecule has 1 N–H and O–H groups in total. The molecular weight excluding hydrogens is 332 g/mol. The van der Waals surface area contributed by atoms with Gasteiger partial charge in [-0.05, 0) is 52.5 Å². The molecule has 1 fully saturated rings. The number of nitrogens with one attached hydrogen (secondary N) is 1. The number of carbonyl (C=O) groups is 2. The van der Waals surface area contributed by atoms with Crippen LogP contribution in [-0.4, -0.2) is 41.3 Å². The SMILES string of the molecule is CC1CCC(CCNC(=O)OCc2ccccc2)N1C(=O)OC(C)(C)C. The average Bonchev–Trinajstić information content (AvgIpc) is 2.93. The Balaban J connectivity index is 1.75. The van der Waals surface area contributed by atoms with Gasteiger partial charge in [-0.15, -0.1) is 0 Å². The lowest BCUT2D eigenvalue weighted by atomic mass is 10.1. The number of amides is 2. The van der Waals surface area contributed by atoms with Crippen molar-refractivity contribution in [2.75, 3.05) is 6.54 Å². The molecule has 6 nitrogen and oxygen atoms in total. The van der Waals surface area contributed by atoms with Crippen LogP contribution >= 0.6 is 0 Å². The van der Waals surface area contributed by atoms with Gasteiger partial charge in [0.15, 0.2) is 0 Å². The van der Waals surface area contributed by atoms with Crippen molar-refractivity contribution in [3.8, 4) is 0 Å². The van der Waals surface area contributed by atoms with Crippen molar-refractivity contribution in [1.29, 1.82) is 0 Å². The molecule has 0 bridgehead atoms. The zero-order valence-electron chi connectivity index (χ0n) is 16.2. The molecule has 1 saturated heterocycles. The summed E-state index contributed by atoms with van der Waals surface area (Å²) in [5.41, 5.74) is 0.437. The minimum Gasteiger partial charge on any atom is -0.445 e. The second-order valence-electron chi connectivity index (χ2n) is 7.74. The van der Waals surface area contributed by atoms with Crippen molar-refractivity contribution in [3.05, 3.63) is 35.9 Å². The highest BCUT2D eigenvalue weighted by molar-refractivity contribution is 5.69. The van der Waals surface area contributed by atoms with E-state index in [2.05, 4.69) is 5.32 Å². The molecule has 0 aromatic heterocycles. The fraction of sp³-hybridized carbons (Fsp3) is 0.600. The third kappa shape index (κ3) is 6.24. The molecular formula is C20H30N2O4. The maximum atomic E-state index is 12.4. The summed E-state index contributed by atoms with van der Waals surface area (Å²) < 4.78 is 10.7. The highest BCUT2D eigenvalue weighted by Gasteiger charge is 2.36. The van der Waals surface area contributed by atoms with Gasteiger partial charge >= 0.3 is 12.2 Å². The molecule has 1 aromatic carbocycles. The first-order valence-corrected chi connectivity index (χ1v) is 9.22. The summed E-state index contributed by atoms with van der Waals surface area (Å²) in [6.45, 7) is 8.34. The van der Waals surface area contributed by atoms with E-state index in [1.54, 1.807) is 0 Å². The van der Waals surface area contributed by atoms with E-state index in [9.17, 15) is 9.59 Å². The van der Waals surface area contributed by atoms with Crippen LogP contribution in [0, 0.1) is 0 Å². The molecule has 26 heavy (non-hydrogen) atoms. The van der Waals surface area contributed by atoms with Gasteiger partial charge in [0.05, 0.1) is 0 Å². The molecule has 6 heteroatoms. The van der Waals surface area contributed by atoms with Crippen LogP contribution in [0.25, 0.3) is 0 Å². The van der Waals surface area contributed by atoms with Crippen molar-refractivity contribution in [2.24, 2.45) is 0 Å². The fourth-order valence-corrected chi connectivity index (χ4v) is 3.11. The number of carbonyl (C=O) groups excluding carboxylic acids is 2. The lowest BCUT2D eigenvalue weighted by Crippen LogP contribution is -2.44. The first-order valence-electron chi connectivity index (χ1n) is 9.22. The number of hydrogen-bond donors (Lipinski definition) is 1. The van der Waals surface area contributed by atoms with Gasteiger partial charge in [-0.2, -0.15) is 0 Å². The molecule has 0 radical (unpaired) electrons. The predicted molar refractivity (Wildman–Crippen MR) is 99.8 cm³/mol. The summed E-state index contributed by atoms with van der Waals surface area (Å²) in [5, 5.41) is 2.76. The van der Waals surface area contributed by atoms with Crippen LogP contribution < -0.4 is 5.32 Å². The van der Waals surface area contributed by atoms with E-state index in [1.807, 2.05) is 62.9 Å². The Morgan fingerprint density at radius 2 is 1.88 bits per heavy atom. The summed E-state index contributed by atoms with van der Waals surface area (Å²) in [6, 6.07) is 9.78. The molecule has 0 aliphatic carbocycles. The largest absolute Gasteiger partial charge is 0.445 e. The maximum Gasteiger partial charge on any atom is 0.410 e. The molecule has 1 aliphatic rings. The first-order chi connectivity index (χ1) is 12.3. The second kappa shape index (κ2) is 8.92. The fourth-order valence-electron chi connectivity index (χ4n) is 3.11. The molecule has 0 saturated carbocycles. The number of benzene rings is 1. The molecule has 2 unspecified atom stereocenters. The van der Waals surface area contributed by atoms with Gasteiger partial charge in [0.25, 0.3) is 0 Å². The van der Waals surface area contributed by atoms with Crippen LogP contribution in [0.3, 0.4) is 0 Å². The molecule has 1 aromatic rings. The van der Waals surface area contributed by atoms with Crippen molar-refractivity contribution in [1.82, 2.24) is 10.2 Å². The highest BCUT2D eigenvalue weighted by atomic mass is 16.6. The average molecular weight is 362 g/mol. The zero-order valence-corrected chi connectivity index (χ0v) is 16.2. The number of likely N-dealkylation sites (tertiary alicyclic amines) is 1. The summed E-state index contributed by atoms with van der Waals surface area (Å²) in [5.74, 6) is 0. The van der Waals surface area contributed by atoms with Crippen LogP contribution in [0.15, 0.2) is 30.3 Å². The van der Waals surface area contributed by atoms with Crippen LogP contribution in [0.1, 0.15) is 52.5 Å². The van der Waals surface area contributed by atoms with E-state index in [0.717, 1.165) is 18.4 Å². The lowest BCUT2D eigenvalue weighted by molar-refractivity contribution is 0.0154. The van der Waals surface area contributed by atoms with Gasteiger partial charge in [-0.1, -0.05) is 30.3 Å². The minimum absolute atomic E-state index is 0.0780. The topological polar surface area (TPSA) is 67.9 Å². The normalized spacial score (nSPS) is 19.9. The Labute approximate surface area is 155 Å². The van der Waals surface area contributed by atoms with Gasteiger partial charge in [0.1, 0.15) is 12.2 Å². The molecule has 144 valence electrons. The smallest absolute Gasteiger partial charge is 0.410 e. The summed E-state index contributed by atoms with van der Waals surface area (Å²) >= 11 is 0. The zero-order chi connectivity index (χ0) is 19.2. The van der Waals surface area contributed by atoms with E-state index in [-0.39, 0.29) is 24.8 Å². The first kappa shape index (κ1) is 20.1. The Bertz CT molecular complexity index is 598. The quantitative estimate of drug-likeness (QED) is 0.856. The van der Waals surface area contributed by atoms with Gasteiger partial charge in [0.2, 0.25) is 0 Å². The van der Waals surface area contributed by atoms with Gasteiger partial charge in [-0.3, -0.25) is 0 Å². The van der Waals surface area contributed by atoms with E-state index in [4.69, 9.17) is 9.47 Å². The Kier molecular flexibility index (Phi) is 6.89. The van der Waals surface area contributed by atoms with E-state index < -0.39 is 11.7 Å². The predicted octanol–water partition coefficient (Wildman–Crippen LogP) is 4.09. The number of alkyl carbamates (subject to hydrolysis) is 1. The molecule has 0 spiro atoms. The van der Waals surface area contributed by atoms with Crippen molar-refractivity contribution in [2.45, 2.75) is 71.2 Å². The van der Waals surface area contributed by atoms with Gasteiger partial charge in [0, 0.05) is 18.6 Å². The van der Waals surface area contributed by atoms with Crippen molar-refractivity contribution < 1.29 is 19.1 Å². The molecule has 1 heterocycles. The lowest BCUT2D eigenvalue weighted by Gasteiger charge is -2.31. The molecule has 2 atom stereocenters. The minimum atomic E-state index is -0.510. The van der Waals surface area contributed by atoms with Gasteiger partial charge < -0.3 is 19.7 Å². The van der Waals surface area contributed by atoms with Crippen LogP contribution in [0.2, 0.25) is 0 Å². The van der Waals surface area contributed by atoms with Gasteiger partial charge in [-0.25, -0.2) is 9.59 Å². The monoisotopic (exact) mass is 362 g/mol. The third-order valence-electron chi connectivity index (χ3n) is 4.35. The number of hydrogen-bond acceptors (Lipinski definition) is 4. The van der Waals surface area contributed by atoms with E-state index >= 15 is 0 Å². The second-order valence-corrected chi connectivity index (χ2v) is 7.74. The highest BCUT2D eigenvalue weighted by Crippen LogP contribution is 2.28. The van der Waals surface area contributed by atoms with Crippen molar-refractivity contribution >= 4 is 12.2 Å². The molecule has 2 rings (SSSR count). The summed E-state index contributed by atoms with van der Waals surface area (Å²) in [7, 11) is 0. The van der Waals surface area contributed by atoms with Crippen LogP contribution in [-0.2, 0) is 16.1 Å². The molecule has 2 amide bonds. The third-order valence-corrected chi connectivity index (χ3v) is 4.35. The Morgan fingerprint density at radius 3 is 2.54 bits per heavy atom. The number of rotatable bonds is 5. The Morgan fingerprint density at radius 1 is 1.19 bits per heavy atom. The standard InChI is InChI=1S/C20H30N2O4/c1-15-10-11-17(22(15)19(24)26-20(2,3)4)12-13-21-18(23)25-14-16-8-6-5-7-9-16/h5-9,15,17H,10-14H2,1-4H3,(H,21,23). The summed E-state index contributed by atoms with van der Waals surface area (Å²) in [6.07, 6.45) is 1.83. The van der Waals surface area contributed by atoms with E-state index in [0.29, 0.717) is 13.0 Å². The summed E-state index contributed by atoms with van der Waals surface area (Å²) in [4.78, 5) is 26.1. The Hall–Kier alpha value is -2.24.